The molecule has 0 bridgehead atoms. The van der Waals surface area contributed by atoms with Crippen LogP contribution in [0.1, 0.15) is 22.8 Å². The number of rotatable bonds is 6. The number of hydrogen-bond acceptors (Lipinski definition) is 4. The summed E-state index contributed by atoms with van der Waals surface area (Å²) < 4.78 is 10.3. The molecular weight excluding hydrogens is 294 g/mol. The smallest absolute Gasteiger partial charge is 0.328 e. The van der Waals surface area contributed by atoms with E-state index in [1.165, 1.54) is 0 Å². The third-order valence-electron chi connectivity index (χ3n) is 3.28. The van der Waals surface area contributed by atoms with Gasteiger partial charge in [0, 0.05) is 5.56 Å². The van der Waals surface area contributed by atoms with Crippen LogP contribution in [-0.2, 0) is 16.1 Å². The van der Waals surface area contributed by atoms with Gasteiger partial charge in [0.2, 0.25) is 0 Å². The summed E-state index contributed by atoms with van der Waals surface area (Å²) in [6, 6.07) is 15.2. The SMILES string of the molecule is COc1ccc(COC(=O)C(C)NC(=O)c2ccccc2)cc1. The average molecular weight is 313 g/mol. The van der Waals surface area contributed by atoms with E-state index < -0.39 is 12.0 Å². The molecule has 2 aromatic rings. The Bertz CT molecular complexity index is 652. The van der Waals surface area contributed by atoms with Crippen LogP contribution in [0.5, 0.6) is 5.75 Å². The van der Waals surface area contributed by atoms with Crippen molar-refractivity contribution in [2.45, 2.75) is 19.6 Å². The van der Waals surface area contributed by atoms with Crippen LogP contribution >= 0.6 is 0 Å². The lowest BCUT2D eigenvalue weighted by Crippen LogP contribution is -2.39. The molecule has 1 amide bonds. The highest BCUT2D eigenvalue weighted by Crippen LogP contribution is 2.12. The van der Waals surface area contributed by atoms with Crippen LogP contribution in [-0.4, -0.2) is 25.0 Å². The van der Waals surface area contributed by atoms with Gasteiger partial charge in [-0.05, 0) is 36.8 Å². The maximum atomic E-state index is 12.0. The first-order valence-corrected chi connectivity index (χ1v) is 7.25. The number of amides is 1. The topological polar surface area (TPSA) is 64.6 Å². The minimum Gasteiger partial charge on any atom is -0.497 e. The molecule has 2 rings (SSSR count). The fraction of sp³-hybridized carbons (Fsp3) is 0.222. The van der Waals surface area contributed by atoms with Gasteiger partial charge in [0.15, 0.2) is 0 Å². The molecule has 0 radical (unpaired) electrons. The van der Waals surface area contributed by atoms with Gasteiger partial charge in [-0.25, -0.2) is 4.79 Å². The number of ether oxygens (including phenoxy) is 2. The van der Waals surface area contributed by atoms with Crippen molar-refractivity contribution in [2.75, 3.05) is 7.11 Å². The molecule has 0 aromatic heterocycles. The molecule has 0 spiro atoms. The van der Waals surface area contributed by atoms with Gasteiger partial charge < -0.3 is 14.8 Å². The first-order valence-electron chi connectivity index (χ1n) is 7.25. The first kappa shape index (κ1) is 16.5. The Labute approximate surface area is 135 Å². The number of esters is 1. The van der Waals surface area contributed by atoms with E-state index in [4.69, 9.17) is 9.47 Å². The second kappa shape index (κ2) is 7.98. The molecule has 0 saturated carbocycles. The quantitative estimate of drug-likeness (QED) is 0.833. The third kappa shape index (κ3) is 4.85. The molecule has 23 heavy (non-hydrogen) atoms. The fourth-order valence-electron chi connectivity index (χ4n) is 1.93. The number of hydrogen-bond donors (Lipinski definition) is 1. The maximum Gasteiger partial charge on any atom is 0.328 e. The Hall–Kier alpha value is -2.82. The van der Waals surface area contributed by atoms with Gasteiger partial charge in [0.05, 0.1) is 7.11 Å². The standard InChI is InChI=1S/C18H19NO4/c1-13(19-17(20)15-6-4-3-5-7-15)18(21)23-12-14-8-10-16(22-2)11-9-14/h3-11,13H,12H2,1-2H3,(H,19,20). The molecule has 5 nitrogen and oxygen atoms in total. The minimum atomic E-state index is -0.721. The van der Waals surface area contributed by atoms with Crippen LogP contribution in [0.4, 0.5) is 0 Å². The minimum absolute atomic E-state index is 0.147. The van der Waals surface area contributed by atoms with Crippen molar-refractivity contribution < 1.29 is 19.1 Å². The van der Waals surface area contributed by atoms with E-state index in [9.17, 15) is 9.59 Å². The van der Waals surface area contributed by atoms with E-state index in [-0.39, 0.29) is 12.5 Å². The summed E-state index contributed by atoms with van der Waals surface area (Å²) >= 11 is 0. The van der Waals surface area contributed by atoms with Crippen molar-refractivity contribution in [1.29, 1.82) is 0 Å². The zero-order chi connectivity index (χ0) is 16.7. The van der Waals surface area contributed by atoms with E-state index in [0.29, 0.717) is 5.56 Å². The lowest BCUT2D eigenvalue weighted by molar-refractivity contribution is -0.146. The highest BCUT2D eigenvalue weighted by Gasteiger charge is 2.17. The maximum absolute atomic E-state index is 12.0. The lowest BCUT2D eigenvalue weighted by atomic mass is 10.2. The predicted octanol–water partition coefficient (Wildman–Crippen LogP) is 2.56. The van der Waals surface area contributed by atoms with E-state index >= 15 is 0 Å². The normalized spacial score (nSPS) is 11.4. The summed E-state index contributed by atoms with van der Waals surface area (Å²) in [6.45, 7) is 1.74. The second-order valence-electron chi connectivity index (χ2n) is 5.02. The first-order chi connectivity index (χ1) is 11.1. The third-order valence-corrected chi connectivity index (χ3v) is 3.28. The summed E-state index contributed by atoms with van der Waals surface area (Å²) in [6.07, 6.45) is 0. The highest BCUT2D eigenvalue weighted by molar-refractivity contribution is 5.96. The highest BCUT2D eigenvalue weighted by atomic mass is 16.5. The van der Waals surface area contributed by atoms with E-state index in [1.807, 2.05) is 18.2 Å². The van der Waals surface area contributed by atoms with Crippen molar-refractivity contribution in [3.63, 3.8) is 0 Å². The predicted molar refractivity (Wildman–Crippen MR) is 86.2 cm³/mol. The summed E-state index contributed by atoms with van der Waals surface area (Å²) in [4.78, 5) is 23.9. The summed E-state index contributed by atoms with van der Waals surface area (Å²) in [7, 11) is 1.59. The molecule has 0 saturated heterocycles. The molecular formula is C18H19NO4. The van der Waals surface area contributed by atoms with Crippen LogP contribution in [0.25, 0.3) is 0 Å². The Morgan fingerprint density at radius 1 is 1.04 bits per heavy atom. The van der Waals surface area contributed by atoms with E-state index in [1.54, 1.807) is 50.4 Å². The molecule has 0 aliphatic rings. The summed E-state index contributed by atoms with van der Waals surface area (Å²) in [5, 5.41) is 2.62. The zero-order valence-electron chi connectivity index (χ0n) is 13.1. The van der Waals surface area contributed by atoms with E-state index in [0.717, 1.165) is 11.3 Å². The Morgan fingerprint density at radius 3 is 2.30 bits per heavy atom. The average Bonchev–Trinajstić information content (AvgIpc) is 2.60. The van der Waals surface area contributed by atoms with Gasteiger partial charge in [-0.2, -0.15) is 0 Å². The molecule has 0 aliphatic carbocycles. The van der Waals surface area contributed by atoms with E-state index in [2.05, 4.69) is 5.32 Å². The van der Waals surface area contributed by atoms with Gasteiger partial charge >= 0.3 is 5.97 Å². The Morgan fingerprint density at radius 2 is 1.70 bits per heavy atom. The molecule has 120 valence electrons. The number of nitrogens with one attached hydrogen (secondary N) is 1. The van der Waals surface area contributed by atoms with Crippen molar-refractivity contribution in [1.82, 2.24) is 5.32 Å². The Kier molecular flexibility index (Phi) is 5.74. The van der Waals surface area contributed by atoms with Gasteiger partial charge in [0.1, 0.15) is 18.4 Å². The molecule has 1 N–H and O–H groups in total. The molecule has 0 aliphatic heterocycles. The number of benzene rings is 2. The zero-order valence-corrected chi connectivity index (χ0v) is 13.1. The number of methoxy groups -OCH3 is 1. The molecule has 1 atom stereocenters. The van der Waals surface area contributed by atoms with Crippen LogP contribution in [0.3, 0.4) is 0 Å². The van der Waals surface area contributed by atoms with Crippen molar-refractivity contribution >= 4 is 11.9 Å². The van der Waals surface area contributed by atoms with Gasteiger partial charge in [-0.1, -0.05) is 30.3 Å². The van der Waals surface area contributed by atoms with Crippen molar-refractivity contribution in [3.05, 3.63) is 65.7 Å². The van der Waals surface area contributed by atoms with Gasteiger partial charge in [-0.3, -0.25) is 4.79 Å². The molecule has 1 unspecified atom stereocenters. The second-order valence-corrected chi connectivity index (χ2v) is 5.02. The molecule has 0 fully saturated rings. The molecule has 2 aromatic carbocycles. The number of carbonyl (C=O) groups is 2. The monoisotopic (exact) mass is 313 g/mol. The van der Waals surface area contributed by atoms with Gasteiger partial charge in [0.25, 0.3) is 5.91 Å². The molecule has 5 heteroatoms. The Balaban J connectivity index is 1.83. The largest absolute Gasteiger partial charge is 0.497 e. The van der Waals surface area contributed by atoms with Crippen molar-refractivity contribution in [3.8, 4) is 5.75 Å². The molecule has 0 heterocycles. The van der Waals surface area contributed by atoms with Crippen LogP contribution in [0.2, 0.25) is 0 Å². The fourth-order valence-corrected chi connectivity index (χ4v) is 1.93. The van der Waals surface area contributed by atoms with Crippen LogP contribution < -0.4 is 10.1 Å². The lowest BCUT2D eigenvalue weighted by Gasteiger charge is -2.13. The van der Waals surface area contributed by atoms with Crippen molar-refractivity contribution in [2.24, 2.45) is 0 Å². The number of carbonyl (C=O) groups excluding carboxylic acids is 2. The van der Waals surface area contributed by atoms with Gasteiger partial charge in [-0.15, -0.1) is 0 Å². The summed E-state index contributed by atoms with van der Waals surface area (Å²) in [5.74, 6) is -0.0480. The van der Waals surface area contributed by atoms with Crippen LogP contribution in [0.15, 0.2) is 54.6 Å². The van der Waals surface area contributed by atoms with Crippen LogP contribution in [0, 0.1) is 0 Å². The summed E-state index contributed by atoms with van der Waals surface area (Å²) in [5.41, 5.74) is 1.35.